The van der Waals surface area contributed by atoms with E-state index in [1.54, 1.807) is 6.07 Å². The van der Waals surface area contributed by atoms with Crippen molar-refractivity contribution in [2.24, 2.45) is 17.8 Å². The fourth-order valence-corrected chi connectivity index (χ4v) is 8.61. The molecule has 0 spiro atoms. The molecule has 4 unspecified atom stereocenters. The number of nitriles is 1. The largest absolute Gasteiger partial charge is 0.477 e. The van der Waals surface area contributed by atoms with Crippen LogP contribution in [0.3, 0.4) is 0 Å². The van der Waals surface area contributed by atoms with Crippen LogP contribution in [0.25, 0.3) is 11.3 Å². The molecule has 2 saturated heterocycles. The van der Waals surface area contributed by atoms with Crippen LogP contribution in [-0.4, -0.2) is 53.2 Å². The lowest BCUT2D eigenvalue weighted by Gasteiger charge is -2.33. The molecule has 0 bridgehead atoms. The minimum atomic E-state index is -0.533. The minimum absolute atomic E-state index is 0.0187. The number of thioether (sulfide) groups is 1. The molecule has 0 radical (unpaired) electrons. The molecule has 5 rings (SSSR count). The summed E-state index contributed by atoms with van der Waals surface area (Å²) in [6, 6.07) is 8.30. The molecule has 3 aliphatic heterocycles. The van der Waals surface area contributed by atoms with E-state index in [9.17, 15) is 9.65 Å². The monoisotopic (exact) mass is 661 g/mol. The van der Waals surface area contributed by atoms with Gasteiger partial charge in [-0.2, -0.15) is 5.26 Å². The molecule has 0 aromatic heterocycles. The molecule has 2 fully saturated rings. The van der Waals surface area contributed by atoms with Gasteiger partial charge in [0.15, 0.2) is 5.88 Å². The Morgan fingerprint density at radius 1 is 1.26 bits per heavy atom. The topological polar surface area (TPSA) is 75.4 Å². The first-order valence-electron chi connectivity index (χ1n) is 16.9. The van der Waals surface area contributed by atoms with Crippen molar-refractivity contribution in [1.29, 1.82) is 10.7 Å². The average molecular weight is 662 g/mol. The summed E-state index contributed by atoms with van der Waals surface area (Å²) in [6.45, 7) is 20.2. The number of rotatable bonds is 11. The Labute approximate surface area is 282 Å². The number of ether oxygens (including phenoxy) is 1. The molecule has 47 heavy (non-hydrogen) atoms. The van der Waals surface area contributed by atoms with Crippen LogP contribution >= 0.6 is 11.8 Å². The molecule has 252 valence electrons. The maximum atomic E-state index is 16.3. The highest BCUT2D eigenvalue weighted by Gasteiger charge is 2.47. The second kappa shape index (κ2) is 14.0. The number of nitrogens with zero attached hydrogens (tertiary/aromatic N) is 3. The Morgan fingerprint density at radius 3 is 2.68 bits per heavy atom. The molecule has 0 aliphatic carbocycles. The van der Waals surface area contributed by atoms with Gasteiger partial charge in [-0.05, 0) is 93.3 Å². The van der Waals surface area contributed by atoms with E-state index in [0.717, 1.165) is 62.7 Å². The molecule has 0 saturated carbocycles. The number of hydrogen-bond acceptors (Lipinski definition) is 7. The van der Waals surface area contributed by atoms with Crippen molar-refractivity contribution in [2.45, 2.75) is 90.1 Å². The van der Waals surface area contributed by atoms with Gasteiger partial charge in [0.05, 0.1) is 21.7 Å². The van der Waals surface area contributed by atoms with E-state index < -0.39 is 11.6 Å². The van der Waals surface area contributed by atoms with Crippen LogP contribution in [0.1, 0.15) is 73.6 Å². The summed E-state index contributed by atoms with van der Waals surface area (Å²) in [5, 5.41) is 23.0. The van der Waals surface area contributed by atoms with E-state index in [1.807, 2.05) is 13.0 Å². The zero-order valence-electron chi connectivity index (χ0n) is 28.9. The fraction of sp³-hybridized carbons (Fsp3) is 0.526. The van der Waals surface area contributed by atoms with Gasteiger partial charge in [-0.15, -0.1) is 0 Å². The highest BCUT2D eigenvalue weighted by molar-refractivity contribution is 8.15. The van der Waals surface area contributed by atoms with Gasteiger partial charge in [0, 0.05) is 41.0 Å². The Balaban J connectivity index is 1.65. The van der Waals surface area contributed by atoms with Crippen LogP contribution in [0.15, 0.2) is 41.6 Å². The maximum Gasteiger partial charge on any atom is 0.183 e. The van der Waals surface area contributed by atoms with Gasteiger partial charge < -0.3 is 15.0 Å². The maximum absolute atomic E-state index is 16.3. The third-order valence-electron chi connectivity index (χ3n) is 10.8. The lowest BCUT2D eigenvalue weighted by Crippen LogP contribution is -2.42. The predicted octanol–water partition coefficient (Wildman–Crippen LogP) is 7.30. The smallest absolute Gasteiger partial charge is 0.183 e. The molecule has 6 nitrogen and oxygen atoms in total. The van der Waals surface area contributed by atoms with Gasteiger partial charge in [0.25, 0.3) is 0 Å². The van der Waals surface area contributed by atoms with Crippen LogP contribution < -0.4 is 15.8 Å². The van der Waals surface area contributed by atoms with Crippen molar-refractivity contribution in [3.63, 3.8) is 0 Å². The second-order valence-electron chi connectivity index (χ2n) is 14.2. The third kappa shape index (κ3) is 6.82. The molecule has 3 heterocycles. The van der Waals surface area contributed by atoms with Crippen molar-refractivity contribution >= 4 is 33.8 Å². The first kappa shape index (κ1) is 35.0. The van der Waals surface area contributed by atoms with Gasteiger partial charge in [0.1, 0.15) is 29.4 Å². The number of fused-ring (bicyclic) bond motifs is 2. The first-order valence-corrected chi connectivity index (χ1v) is 17.7. The van der Waals surface area contributed by atoms with E-state index >= 15 is 4.39 Å². The third-order valence-corrected chi connectivity index (χ3v) is 11.8. The summed E-state index contributed by atoms with van der Waals surface area (Å²) in [5.41, 5.74) is 1.58. The van der Waals surface area contributed by atoms with Gasteiger partial charge in [-0.1, -0.05) is 52.4 Å². The number of halogens is 2. The summed E-state index contributed by atoms with van der Waals surface area (Å²) in [5.74, 6) is 1.05. The van der Waals surface area contributed by atoms with Crippen molar-refractivity contribution in [1.82, 2.24) is 9.80 Å². The zero-order valence-corrected chi connectivity index (χ0v) is 29.7. The van der Waals surface area contributed by atoms with E-state index in [2.05, 4.69) is 63.4 Å². The number of hydrogen-bond donors (Lipinski definition) is 2. The van der Waals surface area contributed by atoms with Crippen molar-refractivity contribution < 1.29 is 13.5 Å². The van der Waals surface area contributed by atoms with Gasteiger partial charge in [-0.3, -0.25) is 10.3 Å². The molecular formula is C38H49F2N5OS. The minimum Gasteiger partial charge on any atom is -0.477 e. The molecule has 2 aromatic rings. The Kier molecular flexibility index (Phi) is 10.4. The number of nitrogens with one attached hydrogen (secondary N) is 2. The summed E-state index contributed by atoms with van der Waals surface area (Å²) in [7, 11) is 2.07. The molecular weight excluding hydrogens is 613 g/mol. The second-order valence-corrected chi connectivity index (χ2v) is 15.3. The summed E-state index contributed by atoms with van der Waals surface area (Å²) in [4.78, 5) is 4.97. The number of anilines is 1. The van der Waals surface area contributed by atoms with Crippen molar-refractivity contribution in [3.8, 4) is 6.07 Å². The van der Waals surface area contributed by atoms with Crippen LogP contribution in [0.5, 0.6) is 0 Å². The zero-order chi connectivity index (χ0) is 34.2. The number of benzene rings is 2. The first-order chi connectivity index (χ1) is 22.3. The lowest BCUT2D eigenvalue weighted by atomic mass is 9.89. The van der Waals surface area contributed by atoms with E-state index in [0.29, 0.717) is 46.4 Å². The van der Waals surface area contributed by atoms with Crippen LogP contribution in [0, 0.1) is 56.6 Å². The predicted molar refractivity (Wildman–Crippen MR) is 188 cm³/mol. The van der Waals surface area contributed by atoms with Crippen LogP contribution in [0.2, 0.25) is 0 Å². The normalized spacial score (nSPS) is 23.3. The Morgan fingerprint density at radius 2 is 2.00 bits per heavy atom. The average Bonchev–Trinajstić information content (AvgIpc) is 3.68. The standard InChI is InChI=1S/C38H49F2N5OS/c1-9-27(15-24(5)22(2)3)44(8)25(6)29-16-33(40)30(28-11-12-32(39)36-35(28)31(19-41)37(42)47-36)17-34(29)43-26(7)46-21-38-13-10-14-45(38)20-23(4)18-38/h11-12,16-17,22-24,27,42-43H,7,9-10,13-15,18,20-21H2,1-6,8H3/b29-25+,30-28+,42-37?. The van der Waals surface area contributed by atoms with E-state index in [4.69, 9.17) is 10.1 Å². The van der Waals surface area contributed by atoms with Crippen LogP contribution in [0.4, 0.5) is 14.5 Å². The Bertz CT molecular complexity index is 1840. The summed E-state index contributed by atoms with van der Waals surface area (Å²) in [6.07, 6.45) is 5.31. The quantitative estimate of drug-likeness (QED) is 0.246. The van der Waals surface area contributed by atoms with Gasteiger partial charge in [-0.25, -0.2) is 8.78 Å². The molecule has 9 heteroatoms. The highest BCUT2D eigenvalue weighted by atomic mass is 32.2. The van der Waals surface area contributed by atoms with Crippen molar-refractivity contribution in [2.75, 3.05) is 32.1 Å². The summed E-state index contributed by atoms with van der Waals surface area (Å²) < 4.78 is 37.6. The molecule has 2 aromatic carbocycles. The van der Waals surface area contributed by atoms with Gasteiger partial charge in [0.2, 0.25) is 0 Å². The fourth-order valence-electron chi connectivity index (χ4n) is 7.68. The van der Waals surface area contributed by atoms with Crippen LogP contribution in [-0.2, 0) is 4.74 Å². The van der Waals surface area contributed by atoms with E-state index in [1.165, 1.54) is 18.2 Å². The molecule has 3 aliphatic rings. The molecule has 4 atom stereocenters. The molecule has 0 amide bonds. The SMILES string of the molecule is C=C(Nc1c/c(=c2/ccc(F)c3c2=C(C#N)C(=N)S3)c(F)c/c1=C(/C)N(C)C(CC)CC(C)C(C)C)OCC12CCCN1CC(C)C2. The van der Waals surface area contributed by atoms with E-state index in [-0.39, 0.29) is 37.5 Å². The molecule has 2 N–H and O–H groups in total. The van der Waals surface area contributed by atoms with Gasteiger partial charge >= 0.3 is 0 Å². The lowest BCUT2D eigenvalue weighted by molar-refractivity contribution is 0.0754. The highest BCUT2D eigenvalue weighted by Crippen LogP contribution is 2.41. The Hall–Kier alpha value is -3.35. The van der Waals surface area contributed by atoms with Crippen molar-refractivity contribution in [3.05, 3.63) is 69.2 Å². The summed E-state index contributed by atoms with van der Waals surface area (Å²) >= 11 is 0.892.